The Morgan fingerprint density at radius 2 is 2.20 bits per heavy atom. The SMILES string of the molecule is O=C(O)/C=C/c1cc(Br)c(S(=O)(=O)F)s1. The molecule has 0 atom stereocenters. The highest BCUT2D eigenvalue weighted by atomic mass is 79.9. The Hall–Kier alpha value is -0.730. The van der Waals surface area contributed by atoms with Gasteiger partial charge in [0, 0.05) is 11.0 Å². The number of aliphatic carboxylic acids is 1. The summed E-state index contributed by atoms with van der Waals surface area (Å²) in [6.45, 7) is 0. The van der Waals surface area contributed by atoms with Crippen molar-refractivity contribution < 1.29 is 22.2 Å². The summed E-state index contributed by atoms with van der Waals surface area (Å²) in [4.78, 5) is 10.5. The van der Waals surface area contributed by atoms with E-state index in [9.17, 15) is 17.1 Å². The Kier molecular flexibility index (Phi) is 3.63. The molecular formula is C7H4BrFO4S2. The number of carboxylic acids is 1. The van der Waals surface area contributed by atoms with E-state index in [0.29, 0.717) is 16.2 Å². The molecule has 82 valence electrons. The van der Waals surface area contributed by atoms with Crippen LogP contribution in [0.25, 0.3) is 6.08 Å². The molecule has 0 amide bonds. The third-order valence-electron chi connectivity index (χ3n) is 1.29. The minimum atomic E-state index is -4.76. The van der Waals surface area contributed by atoms with Gasteiger partial charge in [0.05, 0.1) is 4.47 Å². The van der Waals surface area contributed by atoms with Gasteiger partial charge in [0.15, 0.2) is 4.21 Å². The van der Waals surface area contributed by atoms with E-state index in [4.69, 9.17) is 5.11 Å². The van der Waals surface area contributed by atoms with E-state index in [1.165, 1.54) is 12.1 Å². The fourth-order valence-electron chi connectivity index (χ4n) is 0.771. The summed E-state index contributed by atoms with van der Waals surface area (Å²) in [6.07, 6.45) is 2.03. The minimum Gasteiger partial charge on any atom is -0.478 e. The zero-order valence-electron chi connectivity index (χ0n) is 6.98. The molecule has 0 unspecified atom stereocenters. The van der Waals surface area contributed by atoms with Crippen molar-refractivity contribution in [1.82, 2.24) is 0 Å². The number of carboxylic acid groups (broad SMARTS) is 1. The Labute approximate surface area is 97.4 Å². The highest BCUT2D eigenvalue weighted by Gasteiger charge is 2.19. The van der Waals surface area contributed by atoms with Crippen LogP contribution in [0.3, 0.4) is 0 Å². The number of hydrogen-bond acceptors (Lipinski definition) is 4. The van der Waals surface area contributed by atoms with Crippen molar-refractivity contribution in [1.29, 1.82) is 0 Å². The van der Waals surface area contributed by atoms with Gasteiger partial charge in [-0.1, -0.05) is 3.89 Å². The zero-order chi connectivity index (χ0) is 11.6. The summed E-state index contributed by atoms with van der Waals surface area (Å²) < 4.78 is 33.4. The van der Waals surface area contributed by atoms with Gasteiger partial charge in [-0.3, -0.25) is 0 Å². The normalized spacial score (nSPS) is 12.1. The first-order valence-corrected chi connectivity index (χ1v) is 6.45. The standard InChI is InChI=1S/C7H4BrFO4S2/c8-5-3-4(1-2-6(10)11)14-7(5)15(9,12)13/h1-3H,(H,10,11)/b2-1+. The van der Waals surface area contributed by atoms with Gasteiger partial charge in [-0.25, -0.2) is 4.79 Å². The van der Waals surface area contributed by atoms with Crippen LogP contribution in [-0.2, 0) is 15.0 Å². The van der Waals surface area contributed by atoms with Crippen LogP contribution < -0.4 is 0 Å². The van der Waals surface area contributed by atoms with Crippen LogP contribution in [0.1, 0.15) is 4.88 Å². The quantitative estimate of drug-likeness (QED) is 0.686. The molecule has 0 bridgehead atoms. The second kappa shape index (κ2) is 4.42. The van der Waals surface area contributed by atoms with Gasteiger partial charge in [0.2, 0.25) is 0 Å². The summed E-state index contributed by atoms with van der Waals surface area (Å²) >= 11 is 3.52. The molecular weight excluding hydrogens is 311 g/mol. The second-order valence-corrected chi connectivity index (χ2v) is 5.87. The predicted octanol–water partition coefficient (Wildman–Crippen LogP) is 2.27. The first-order chi connectivity index (χ1) is 6.80. The third-order valence-corrected chi connectivity index (χ3v) is 4.84. The smallest absolute Gasteiger partial charge is 0.342 e. The molecule has 0 saturated carbocycles. The summed E-state index contributed by atoms with van der Waals surface area (Å²) in [5.41, 5.74) is 0. The molecule has 0 radical (unpaired) electrons. The molecule has 0 spiro atoms. The average Bonchev–Trinajstić information content (AvgIpc) is 2.42. The van der Waals surface area contributed by atoms with E-state index in [0.717, 1.165) is 6.08 Å². The topological polar surface area (TPSA) is 71.4 Å². The molecule has 0 saturated heterocycles. The lowest BCUT2D eigenvalue weighted by Crippen LogP contribution is -1.87. The maximum atomic E-state index is 12.6. The summed E-state index contributed by atoms with van der Waals surface area (Å²) in [5, 5.41) is 8.32. The van der Waals surface area contributed by atoms with Crippen LogP contribution in [0.4, 0.5) is 3.89 Å². The third kappa shape index (κ3) is 3.40. The fourth-order valence-corrected chi connectivity index (χ4v) is 3.65. The molecule has 0 aliphatic heterocycles. The van der Waals surface area contributed by atoms with Gasteiger partial charge in [-0.2, -0.15) is 8.42 Å². The first kappa shape index (κ1) is 12.3. The molecule has 1 heterocycles. The lowest BCUT2D eigenvalue weighted by Gasteiger charge is -1.86. The number of hydrogen-bond donors (Lipinski definition) is 1. The van der Waals surface area contributed by atoms with Gasteiger partial charge in [-0.15, -0.1) is 11.3 Å². The van der Waals surface area contributed by atoms with Crippen molar-refractivity contribution in [3.05, 3.63) is 21.5 Å². The molecule has 1 aromatic heterocycles. The largest absolute Gasteiger partial charge is 0.478 e. The monoisotopic (exact) mass is 314 g/mol. The Bertz CT molecular complexity index is 517. The molecule has 4 nitrogen and oxygen atoms in total. The molecule has 1 aromatic rings. The minimum absolute atomic E-state index is 0.0834. The number of carbonyl (C=O) groups is 1. The summed E-state index contributed by atoms with van der Waals surface area (Å²) in [6, 6.07) is 1.33. The maximum Gasteiger partial charge on any atom is 0.342 e. The molecule has 8 heteroatoms. The van der Waals surface area contributed by atoms with E-state index in [1.807, 2.05) is 0 Å². The second-order valence-electron chi connectivity index (χ2n) is 2.39. The lowest BCUT2D eigenvalue weighted by atomic mass is 10.4. The molecule has 1 rings (SSSR count). The molecule has 15 heavy (non-hydrogen) atoms. The van der Waals surface area contributed by atoms with Crippen molar-refractivity contribution in [2.45, 2.75) is 4.21 Å². The van der Waals surface area contributed by atoms with Gasteiger partial charge in [0.1, 0.15) is 0 Å². The fraction of sp³-hybridized carbons (Fsp3) is 0. The van der Waals surface area contributed by atoms with E-state index in [1.54, 1.807) is 0 Å². The van der Waals surface area contributed by atoms with Crippen molar-refractivity contribution in [3.8, 4) is 0 Å². The van der Waals surface area contributed by atoms with Gasteiger partial charge in [-0.05, 0) is 28.1 Å². The predicted molar refractivity (Wildman–Crippen MR) is 57.0 cm³/mol. The van der Waals surface area contributed by atoms with Crippen LogP contribution >= 0.6 is 27.3 Å². The number of halogens is 2. The van der Waals surface area contributed by atoms with Crippen molar-refractivity contribution >= 4 is 49.5 Å². The number of rotatable bonds is 3. The number of thiophene rings is 1. The van der Waals surface area contributed by atoms with E-state index >= 15 is 0 Å². The van der Waals surface area contributed by atoms with Gasteiger partial charge in [0.25, 0.3) is 0 Å². The van der Waals surface area contributed by atoms with Crippen molar-refractivity contribution in [3.63, 3.8) is 0 Å². The van der Waals surface area contributed by atoms with Crippen LogP contribution in [0.2, 0.25) is 0 Å². The first-order valence-electron chi connectivity index (χ1n) is 3.45. The summed E-state index contributed by atoms with van der Waals surface area (Å²) in [7, 11) is -4.76. The van der Waals surface area contributed by atoms with E-state index in [-0.39, 0.29) is 4.47 Å². The zero-order valence-corrected chi connectivity index (χ0v) is 10.2. The van der Waals surface area contributed by atoms with Crippen LogP contribution in [0, 0.1) is 0 Å². The molecule has 1 N–H and O–H groups in total. The van der Waals surface area contributed by atoms with E-state index < -0.39 is 20.4 Å². The van der Waals surface area contributed by atoms with Crippen LogP contribution in [-0.4, -0.2) is 19.5 Å². The molecule has 0 aliphatic rings. The molecule has 0 fully saturated rings. The van der Waals surface area contributed by atoms with Gasteiger partial charge >= 0.3 is 16.2 Å². The highest BCUT2D eigenvalue weighted by molar-refractivity contribution is 9.10. The average molecular weight is 315 g/mol. The maximum absolute atomic E-state index is 12.6. The summed E-state index contributed by atoms with van der Waals surface area (Å²) in [5.74, 6) is -1.16. The van der Waals surface area contributed by atoms with Gasteiger partial charge < -0.3 is 5.11 Å². The van der Waals surface area contributed by atoms with Crippen LogP contribution in [0.15, 0.2) is 20.8 Å². The lowest BCUT2D eigenvalue weighted by molar-refractivity contribution is -0.131. The van der Waals surface area contributed by atoms with E-state index in [2.05, 4.69) is 15.9 Å². The van der Waals surface area contributed by atoms with Crippen LogP contribution in [0.5, 0.6) is 0 Å². The Balaban J connectivity index is 3.12. The Morgan fingerprint density at radius 3 is 2.60 bits per heavy atom. The molecule has 0 aromatic carbocycles. The van der Waals surface area contributed by atoms with Crippen molar-refractivity contribution in [2.24, 2.45) is 0 Å². The molecule has 0 aliphatic carbocycles. The van der Waals surface area contributed by atoms with Crippen molar-refractivity contribution in [2.75, 3.05) is 0 Å². The Morgan fingerprint density at radius 1 is 1.60 bits per heavy atom. The highest BCUT2D eigenvalue weighted by Crippen LogP contribution is 2.33.